The molecule has 0 unspecified atom stereocenters. The third-order valence-electron chi connectivity index (χ3n) is 3.81. The first-order valence-electron chi connectivity index (χ1n) is 7.21. The Morgan fingerprint density at radius 2 is 2.00 bits per heavy atom. The third-order valence-corrected chi connectivity index (χ3v) is 3.81. The predicted octanol–water partition coefficient (Wildman–Crippen LogP) is 2.59. The van der Waals surface area contributed by atoms with Crippen LogP contribution < -0.4 is 5.32 Å². The van der Waals surface area contributed by atoms with Crippen LogP contribution in [0.3, 0.4) is 0 Å². The second-order valence-electron chi connectivity index (χ2n) is 5.41. The molecule has 0 aliphatic heterocycles. The van der Waals surface area contributed by atoms with Gasteiger partial charge in [0, 0.05) is 6.08 Å². The Labute approximate surface area is 124 Å². The normalized spacial score (nSPS) is 17.6. The fourth-order valence-electron chi connectivity index (χ4n) is 2.71. The van der Waals surface area contributed by atoms with E-state index in [1.54, 1.807) is 12.1 Å². The van der Waals surface area contributed by atoms with Gasteiger partial charge in [-0.3, -0.25) is 4.79 Å². The molecule has 0 spiro atoms. The summed E-state index contributed by atoms with van der Waals surface area (Å²) in [5, 5.41) is 2.82. The molecule has 114 valence electrons. The second-order valence-corrected chi connectivity index (χ2v) is 5.41. The van der Waals surface area contributed by atoms with Gasteiger partial charge in [-0.25, -0.2) is 4.79 Å². The van der Waals surface area contributed by atoms with Crippen molar-refractivity contribution in [2.45, 2.75) is 44.6 Å². The molecule has 5 nitrogen and oxygen atoms in total. The molecule has 1 amide bonds. The Morgan fingerprint density at radius 3 is 2.57 bits per heavy atom. The maximum atomic E-state index is 12.1. The van der Waals surface area contributed by atoms with E-state index in [4.69, 9.17) is 9.15 Å². The van der Waals surface area contributed by atoms with Crippen LogP contribution in [0.4, 0.5) is 0 Å². The van der Waals surface area contributed by atoms with Gasteiger partial charge in [-0.15, -0.1) is 0 Å². The first-order valence-corrected chi connectivity index (χ1v) is 7.21. The number of hydrogen-bond donors (Lipinski definition) is 1. The van der Waals surface area contributed by atoms with E-state index in [0.29, 0.717) is 18.6 Å². The molecule has 0 radical (unpaired) electrons. The summed E-state index contributed by atoms with van der Waals surface area (Å²) >= 11 is 0. The quantitative estimate of drug-likeness (QED) is 0.684. The van der Waals surface area contributed by atoms with Gasteiger partial charge in [-0.1, -0.05) is 19.3 Å². The summed E-state index contributed by atoms with van der Waals surface area (Å²) in [6, 6.07) is 3.62. The molecule has 0 atom stereocenters. The molecule has 1 aromatic heterocycles. The Hall–Kier alpha value is -2.04. The summed E-state index contributed by atoms with van der Waals surface area (Å²) in [7, 11) is 1.35. The van der Waals surface area contributed by atoms with Crippen molar-refractivity contribution in [2.75, 3.05) is 7.11 Å². The number of hydrogen-bond acceptors (Lipinski definition) is 4. The first-order chi connectivity index (χ1) is 10.1. The number of aryl methyl sites for hydroxylation is 1. The van der Waals surface area contributed by atoms with E-state index in [1.807, 2.05) is 13.0 Å². The molecule has 1 saturated carbocycles. The van der Waals surface area contributed by atoms with Gasteiger partial charge in [-0.2, -0.15) is 0 Å². The zero-order valence-electron chi connectivity index (χ0n) is 12.5. The largest absolute Gasteiger partial charge is 0.467 e. The summed E-state index contributed by atoms with van der Waals surface area (Å²) in [5.41, 5.74) is -0.881. The maximum Gasteiger partial charge on any atom is 0.331 e. The van der Waals surface area contributed by atoms with Crippen molar-refractivity contribution in [3.63, 3.8) is 0 Å². The monoisotopic (exact) mass is 291 g/mol. The minimum atomic E-state index is -0.881. The van der Waals surface area contributed by atoms with Crippen molar-refractivity contribution in [3.8, 4) is 0 Å². The molecule has 0 aromatic carbocycles. The SMILES string of the molecule is COC(=O)C1(NC(=O)/C=C/c2ccc(C)o2)CCCCC1. The van der Waals surface area contributed by atoms with Crippen LogP contribution in [-0.4, -0.2) is 24.5 Å². The smallest absolute Gasteiger partial charge is 0.331 e. The molecule has 0 bridgehead atoms. The van der Waals surface area contributed by atoms with Gasteiger partial charge in [0.25, 0.3) is 0 Å². The maximum absolute atomic E-state index is 12.1. The minimum absolute atomic E-state index is 0.309. The van der Waals surface area contributed by atoms with Gasteiger partial charge in [-0.05, 0) is 38.0 Å². The highest BCUT2D eigenvalue weighted by atomic mass is 16.5. The average molecular weight is 291 g/mol. The lowest BCUT2D eigenvalue weighted by molar-refractivity contribution is -0.152. The number of ether oxygens (including phenoxy) is 1. The topological polar surface area (TPSA) is 68.5 Å². The van der Waals surface area contributed by atoms with Crippen LogP contribution in [0, 0.1) is 6.92 Å². The van der Waals surface area contributed by atoms with Crippen LogP contribution in [0.2, 0.25) is 0 Å². The molecule has 1 N–H and O–H groups in total. The van der Waals surface area contributed by atoms with E-state index >= 15 is 0 Å². The van der Waals surface area contributed by atoms with Gasteiger partial charge >= 0.3 is 5.97 Å². The van der Waals surface area contributed by atoms with Crippen LogP contribution in [-0.2, 0) is 14.3 Å². The molecule has 1 aliphatic carbocycles. The number of esters is 1. The summed E-state index contributed by atoms with van der Waals surface area (Å²) in [4.78, 5) is 24.1. The molecule has 1 aromatic rings. The summed E-state index contributed by atoms with van der Waals surface area (Å²) in [6.07, 6.45) is 7.13. The standard InChI is InChI=1S/C16H21NO4/c1-12-6-7-13(21-12)8-9-14(18)17-16(15(19)20-2)10-4-3-5-11-16/h6-9H,3-5,10-11H2,1-2H3,(H,17,18)/b9-8+. The number of carbonyl (C=O) groups excluding carboxylic acids is 2. The molecular formula is C16H21NO4. The zero-order valence-corrected chi connectivity index (χ0v) is 12.5. The molecule has 1 aliphatic rings. The van der Waals surface area contributed by atoms with Gasteiger partial charge in [0.05, 0.1) is 7.11 Å². The van der Waals surface area contributed by atoms with Crippen molar-refractivity contribution in [1.29, 1.82) is 0 Å². The molecule has 0 saturated heterocycles. The second kappa shape index (κ2) is 6.61. The zero-order chi connectivity index (χ0) is 15.3. The van der Waals surface area contributed by atoms with Gasteiger partial charge in [0.1, 0.15) is 17.1 Å². The number of carbonyl (C=O) groups is 2. The molecule has 21 heavy (non-hydrogen) atoms. The fraction of sp³-hybridized carbons (Fsp3) is 0.500. The Morgan fingerprint density at radius 1 is 1.29 bits per heavy atom. The highest BCUT2D eigenvalue weighted by Gasteiger charge is 2.41. The fourth-order valence-corrected chi connectivity index (χ4v) is 2.71. The molecule has 5 heteroatoms. The third kappa shape index (κ3) is 3.74. The number of nitrogens with one attached hydrogen (secondary N) is 1. The highest BCUT2D eigenvalue weighted by molar-refractivity contribution is 5.96. The summed E-state index contributed by atoms with van der Waals surface area (Å²) in [6.45, 7) is 1.84. The van der Waals surface area contributed by atoms with Gasteiger partial charge < -0.3 is 14.5 Å². The van der Waals surface area contributed by atoms with E-state index in [-0.39, 0.29) is 11.9 Å². The lowest BCUT2D eigenvalue weighted by Gasteiger charge is -2.34. The van der Waals surface area contributed by atoms with Crippen LogP contribution in [0.1, 0.15) is 43.6 Å². The molecule has 1 fully saturated rings. The highest BCUT2D eigenvalue weighted by Crippen LogP contribution is 2.29. The Kier molecular flexibility index (Phi) is 4.83. The average Bonchev–Trinajstić information content (AvgIpc) is 2.91. The number of furan rings is 1. The molecule has 2 rings (SSSR count). The van der Waals surface area contributed by atoms with E-state index in [2.05, 4.69) is 5.32 Å². The van der Waals surface area contributed by atoms with Crippen molar-refractivity contribution < 1.29 is 18.7 Å². The van der Waals surface area contributed by atoms with Crippen molar-refractivity contribution >= 4 is 18.0 Å². The summed E-state index contributed by atoms with van der Waals surface area (Å²) in [5.74, 6) is 0.723. The summed E-state index contributed by atoms with van der Waals surface area (Å²) < 4.78 is 10.2. The van der Waals surface area contributed by atoms with Crippen molar-refractivity contribution in [1.82, 2.24) is 5.32 Å². The number of methoxy groups -OCH3 is 1. The lowest BCUT2D eigenvalue weighted by atomic mass is 9.81. The van der Waals surface area contributed by atoms with Crippen molar-refractivity contribution in [2.24, 2.45) is 0 Å². The van der Waals surface area contributed by atoms with Crippen LogP contribution in [0.25, 0.3) is 6.08 Å². The first kappa shape index (κ1) is 15.4. The van der Waals surface area contributed by atoms with E-state index < -0.39 is 5.54 Å². The minimum Gasteiger partial charge on any atom is -0.467 e. The Balaban J connectivity index is 2.04. The van der Waals surface area contributed by atoms with E-state index in [1.165, 1.54) is 13.2 Å². The van der Waals surface area contributed by atoms with Gasteiger partial charge in [0.15, 0.2) is 0 Å². The lowest BCUT2D eigenvalue weighted by Crippen LogP contribution is -2.55. The van der Waals surface area contributed by atoms with E-state index in [9.17, 15) is 9.59 Å². The number of amides is 1. The van der Waals surface area contributed by atoms with E-state index in [0.717, 1.165) is 25.0 Å². The van der Waals surface area contributed by atoms with Gasteiger partial charge in [0.2, 0.25) is 5.91 Å². The van der Waals surface area contributed by atoms with Crippen LogP contribution >= 0.6 is 0 Å². The predicted molar refractivity (Wildman–Crippen MR) is 78.5 cm³/mol. The van der Waals surface area contributed by atoms with Crippen LogP contribution in [0.5, 0.6) is 0 Å². The molecule has 1 heterocycles. The Bertz CT molecular complexity index is 538. The van der Waals surface area contributed by atoms with Crippen LogP contribution in [0.15, 0.2) is 22.6 Å². The number of rotatable bonds is 4. The van der Waals surface area contributed by atoms with Crippen molar-refractivity contribution in [3.05, 3.63) is 29.7 Å². The molecular weight excluding hydrogens is 270 g/mol.